The Morgan fingerprint density at radius 2 is 1.94 bits per heavy atom. The SMILES string of the molecule is CC[C](C)OOC(=O)c1cccc(C)c1C. The van der Waals surface area contributed by atoms with Gasteiger partial charge in [0.25, 0.3) is 0 Å². The lowest BCUT2D eigenvalue weighted by Crippen LogP contribution is -2.10. The minimum atomic E-state index is -0.450. The fraction of sp³-hybridized carbons (Fsp3) is 0.385. The maximum Gasteiger partial charge on any atom is 0.373 e. The zero-order valence-electron chi connectivity index (χ0n) is 10.2. The molecule has 0 saturated carbocycles. The topological polar surface area (TPSA) is 35.5 Å². The first-order chi connectivity index (χ1) is 7.56. The second-order valence-corrected chi connectivity index (χ2v) is 3.76. The molecule has 3 nitrogen and oxygen atoms in total. The summed E-state index contributed by atoms with van der Waals surface area (Å²) < 4.78 is 0. The quantitative estimate of drug-likeness (QED) is 0.577. The Hall–Kier alpha value is -1.35. The average molecular weight is 221 g/mol. The maximum atomic E-state index is 11.7. The van der Waals surface area contributed by atoms with Gasteiger partial charge in [-0.3, -0.25) is 4.89 Å². The van der Waals surface area contributed by atoms with Crippen LogP contribution in [-0.2, 0) is 9.78 Å². The van der Waals surface area contributed by atoms with Gasteiger partial charge in [0.1, 0.15) is 6.10 Å². The minimum Gasteiger partial charge on any atom is -0.292 e. The smallest absolute Gasteiger partial charge is 0.292 e. The molecule has 0 aliphatic heterocycles. The van der Waals surface area contributed by atoms with Gasteiger partial charge in [-0.2, -0.15) is 4.89 Å². The molecule has 0 aliphatic carbocycles. The first kappa shape index (κ1) is 12.7. The average Bonchev–Trinajstić information content (AvgIpc) is 2.29. The molecule has 0 saturated heterocycles. The van der Waals surface area contributed by atoms with E-state index in [9.17, 15) is 4.79 Å². The van der Waals surface area contributed by atoms with Gasteiger partial charge in [-0.05, 0) is 44.4 Å². The molecule has 0 atom stereocenters. The summed E-state index contributed by atoms with van der Waals surface area (Å²) in [4.78, 5) is 21.3. The van der Waals surface area contributed by atoms with Gasteiger partial charge in [-0.1, -0.05) is 19.1 Å². The first-order valence-electron chi connectivity index (χ1n) is 5.33. The summed E-state index contributed by atoms with van der Waals surface area (Å²) >= 11 is 0. The van der Waals surface area contributed by atoms with Crippen LogP contribution < -0.4 is 0 Å². The second-order valence-electron chi connectivity index (χ2n) is 3.76. The highest BCUT2D eigenvalue weighted by molar-refractivity contribution is 5.90. The first-order valence-corrected chi connectivity index (χ1v) is 5.33. The van der Waals surface area contributed by atoms with Crippen LogP contribution in [0, 0.1) is 20.0 Å². The van der Waals surface area contributed by atoms with Crippen molar-refractivity contribution in [2.45, 2.75) is 34.1 Å². The van der Waals surface area contributed by atoms with Crippen molar-refractivity contribution in [2.75, 3.05) is 0 Å². The van der Waals surface area contributed by atoms with E-state index in [0.717, 1.165) is 17.5 Å². The minimum absolute atomic E-state index is 0.450. The van der Waals surface area contributed by atoms with Crippen LogP contribution in [-0.4, -0.2) is 5.97 Å². The van der Waals surface area contributed by atoms with E-state index >= 15 is 0 Å². The van der Waals surface area contributed by atoms with Gasteiger partial charge in [0.2, 0.25) is 0 Å². The van der Waals surface area contributed by atoms with Crippen LogP contribution in [0.4, 0.5) is 0 Å². The van der Waals surface area contributed by atoms with Gasteiger partial charge < -0.3 is 0 Å². The molecule has 0 aromatic heterocycles. The number of aryl methyl sites for hydroxylation is 1. The standard InChI is InChI=1S/C13H17O3/c1-5-10(3)15-16-13(14)12-8-6-7-9(2)11(12)4/h6-8H,5H2,1-4H3. The molecular formula is C13H17O3. The van der Waals surface area contributed by atoms with Crippen LogP contribution in [0.25, 0.3) is 0 Å². The Morgan fingerprint density at radius 3 is 2.56 bits per heavy atom. The predicted molar refractivity (Wildman–Crippen MR) is 61.6 cm³/mol. The molecule has 1 radical (unpaired) electrons. The molecule has 0 fully saturated rings. The highest BCUT2D eigenvalue weighted by Gasteiger charge is 2.14. The molecule has 0 spiro atoms. The molecule has 16 heavy (non-hydrogen) atoms. The van der Waals surface area contributed by atoms with E-state index in [4.69, 9.17) is 9.78 Å². The normalized spacial score (nSPS) is 10.6. The van der Waals surface area contributed by atoms with Gasteiger partial charge in [0, 0.05) is 0 Å². The predicted octanol–water partition coefficient (Wildman–Crippen LogP) is 3.35. The van der Waals surface area contributed by atoms with Gasteiger partial charge >= 0.3 is 5.97 Å². The van der Waals surface area contributed by atoms with E-state index in [2.05, 4.69) is 0 Å². The third kappa shape index (κ3) is 3.07. The molecule has 0 bridgehead atoms. The summed E-state index contributed by atoms with van der Waals surface area (Å²) in [6, 6.07) is 5.51. The molecule has 87 valence electrons. The van der Waals surface area contributed by atoms with E-state index in [1.165, 1.54) is 0 Å². The Morgan fingerprint density at radius 1 is 1.25 bits per heavy atom. The number of hydrogen-bond donors (Lipinski definition) is 0. The van der Waals surface area contributed by atoms with Gasteiger partial charge in [0.05, 0.1) is 5.56 Å². The zero-order chi connectivity index (χ0) is 12.1. The molecule has 0 unspecified atom stereocenters. The van der Waals surface area contributed by atoms with Crippen molar-refractivity contribution >= 4 is 5.97 Å². The number of rotatable bonds is 4. The third-order valence-electron chi connectivity index (χ3n) is 2.58. The molecular weight excluding hydrogens is 204 g/mol. The fourth-order valence-electron chi connectivity index (χ4n) is 1.19. The van der Waals surface area contributed by atoms with Crippen LogP contribution >= 0.6 is 0 Å². The van der Waals surface area contributed by atoms with Crippen molar-refractivity contribution in [3.05, 3.63) is 41.0 Å². The van der Waals surface area contributed by atoms with E-state index in [0.29, 0.717) is 11.7 Å². The molecule has 1 aromatic carbocycles. The molecule has 1 aromatic rings. The monoisotopic (exact) mass is 221 g/mol. The number of carbonyl (C=O) groups is 1. The van der Waals surface area contributed by atoms with Crippen molar-refractivity contribution < 1.29 is 14.6 Å². The summed E-state index contributed by atoms with van der Waals surface area (Å²) in [6.07, 6.45) is 1.40. The second kappa shape index (κ2) is 5.66. The Balaban J connectivity index is 2.70. The van der Waals surface area contributed by atoms with Crippen LogP contribution in [0.3, 0.4) is 0 Å². The third-order valence-corrected chi connectivity index (χ3v) is 2.58. The molecule has 0 heterocycles. The van der Waals surface area contributed by atoms with Crippen molar-refractivity contribution in [2.24, 2.45) is 0 Å². The summed E-state index contributed by atoms with van der Waals surface area (Å²) in [5.74, 6) is -0.450. The van der Waals surface area contributed by atoms with Crippen LogP contribution in [0.15, 0.2) is 18.2 Å². The number of benzene rings is 1. The van der Waals surface area contributed by atoms with E-state index in [-0.39, 0.29) is 0 Å². The van der Waals surface area contributed by atoms with E-state index in [1.54, 1.807) is 13.0 Å². The van der Waals surface area contributed by atoms with Crippen molar-refractivity contribution in [1.29, 1.82) is 0 Å². The number of carbonyl (C=O) groups excluding carboxylic acids is 1. The molecule has 0 N–H and O–H groups in total. The largest absolute Gasteiger partial charge is 0.373 e. The van der Waals surface area contributed by atoms with Gasteiger partial charge in [0.15, 0.2) is 0 Å². The van der Waals surface area contributed by atoms with Crippen molar-refractivity contribution in [3.63, 3.8) is 0 Å². The Bertz CT molecular complexity index is 371. The van der Waals surface area contributed by atoms with Crippen molar-refractivity contribution in [3.8, 4) is 0 Å². The fourth-order valence-corrected chi connectivity index (χ4v) is 1.19. The zero-order valence-corrected chi connectivity index (χ0v) is 10.2. The van der Waals surface area contributed by atoms with Crippen LogP contribution in [0.1, 0.15) is 41.8 Å². The van der Waals surface area contributed by atoms with E-state index < -0.39 is 5.97 Å². The lowest BCUT2D eigenvalue weighted by Gasteiger charge is -2.09. The van der Waals surface area contributed by atoms with E-state index in [1.807, 2.05) is 32.9 Å². The molecule has 0 amide bonds. The van der Waals surface area contributed by atoms with Crippen LogP contribution in [0.5, 0.6) is 0 Å². The molecule has 3 heteroatoms. The van der Waals surface area contributed by atoms with Crippen LogP contribution in [0.2, 0.25) is 0 Å². The summed E-state index contributed by atoms with van der Waals surface area (Å²) in [6.45, 7) is 7.55. The highest BCUT2D eigenvalue weighted by Crippen LogP contribution is 2.15. The lowest BCUT2D eigenvalue weighted by atomic mass is 10.0. The van der Waals surface area contributed by atoms with Crippen molar-refractivity contribution in [1.82, 2.24) is 0 Å². The Labute approximate surface area is 96.3 Å². The lowest BCUT2D eigenvalue weighted by molar-refractivity contribution is -0.232. The van der Waals surface area contributed by atoms with Gasteiger partial charge in [-0.25, -0.2) is 4.79 Å². The summed E-state index contributed by atoms with van der Waals surface area (Å²) in [5.41, 5.74) is 2.53. The summed E-state index contributed by atoms with van der Waals surface area (Å²) in [7, 11) is 0. The summed E-state index contributed by atoms with van der Waals surface area (Å²) in [5, 5.41) is 0. The molecule has 0 aliphatic rings. The maximum absolute atomic E-state index is 11.7. The number of hydrogen-bond acceptors (Lipinski definition) is 3. The van der Waals surface area contributed by atoms with Gasteiger partial charge in [-0.15, -0.1) is 0 Å². The molecule has 1 rings (SSSR count). The highest BCUT2D eigenvalue weighted by atomic mass is 17.2. The Kier molecular flexibility index (Phi) is 4.50.